The van der Waals surface area contributed by atoms with Crippen LogP contribution in [0.25, 0.3) is 0 Å². The van der Waals surface area contributed by atoms with Gasteiger partial charge in [-0.15, -0.1) is 0 Å². The number of urea groups is 1. The molecule has 1 N–H and O–H groups in total. The first-order chi connectivity index (χ1) is 8.84. The third kappa shape index (κ3) is 4.11. The normalized spacial score (nSPS) is 21.9. The molecular weight excluding hydrogens is 244 g/mol. The zero-order valence-corrected chi connectivity index (χ0v) is 12.4. The Hall–Kier alpha value is -1.26. The van der Waals surface area contributed by atoms with Crippen molar-refractivity contribution in [2.45, 2.75) is 46.1 Å². The lowest BCUT2D eigenvalue weighted by Crippen LogP contribution is -2.48. The smallest absolute Gasteiger partial charge is 0.326 e. The van der Waals surface area contributed by atoms with Crippen LogP contribution in [0.5, 0.6) is 0 Å². The fourth-order valence-electron chi connectivity index (χ4n) is 2.53. The van der Waals surface area contributed by atoms with Crippen LogP contribution in [-0.2, 0) is 4.79 Å². The van der Waals surface area contributed by atoms with Gasteiger partial charge in [0.1, 0.15) is 6.04 Å². The number of likely N-dealkylation sites (tertiary alicyclic amines) is 1. The summed E-state index contributed by atoms with van der Waals surface area (Å²) in [5.74, 6) is 0.344. The number of rotatable bonds is 3. The Kier molecular flexibility index (Phi) is 5.63. The average molecular weight is 270 g/mol. The van der Waals surface area contributed by atoms with Crippen molar-refractivity contribution in [3.63, 3.8) is 0 Å². The number of carboxylic acid groups (broad SMARTS) is 1. The van der Waals surface area contributed by atoms with Crippen molar-refractivity contribution in [1.82, 2.24) is 9.80 Å². The second-order valence-corrected chi connectivity index (χ2v) is 5.83. The van der Waals surface area contributed by atoms with Crippen LogP contribution in [0.4, 0.5) is 4.79 Å². The maximum atomic E-state index is 12.3. The van der Waals surface area contributed by atoms with Crippen molar-refractivity contribution in [3.05, 3.63) is 0 Å². The number of nitrogens with zero attached hydrogens (tertiary/aromatic N) is 2. The van der Waals surface area contributed by atoms with Crippen LogP contribution in [0.15, 0.2) is 0 Å². The summed E-state index contributed by atoms with van der Waals surface area (Å²) in [7, 11) is 1.56. The quantitative estimate of drug-likeness (QED) is 0.855. The molecule has 5 nitrogen and oxygen atoms in total. The summed E-state index contributed by atoms with van der Waals surface area (Å²) in [5, 5.41) is 8.96. The van der Waals surface area contributed by atoms with Crippen LogP contribution in [0.1, 0.15) is 40.0 Å². The van der Waals surface area contributed by atoms with Gasteiger partial charge in [-0.25, -0.2) is 9.59 Å². The fourth-order valence-corrected chi connectivity index (χ4v) is 2.53. The molecule has 1 rings (SSSR count). The minimum absolute atomic E-state index is 0.167. The van der Waals surface area contributed by atoms with Crippen molar-refractivity contribution in [3.8, 4) is 0 Å². The van der Waals surface area contributed by atoms with Gasteiger partial charge >= 0.3 is 12.0 Å². The highest BCUT2D eigenvalue weighted by Gasteiger charge is 2.28. The van der Waals surface area contributed by atoms with Crippen molar-refractivity contribution < 1.29 is 14.7 Å². The highest BCUT2D eigenvalue weighted by Crippen LogP contribution is 2.25. The van der Waals surface area contributed by atoms with E-state index in [4.69, 9.17) is 5.11 Å². The van der Waals surface area contributed by atoms with Crippen molar-refractivity contribution in [2.24, 2.45) is 11.8 Å². The van der Waals surface area contributed by atoms with E-state index < -0.39 is 12.0 Å². The molecular formula is C14H26N2O3. The fraction of sp³-hybridized carbons (Fsp3) is 0.857. The number of carbonyl (C=O) groups excluding carboxylic acids is 1. The van der Waals surface area contributed by atoms with Gasteiger partial charge in [0.2, 0.25) is 0 Å². The number of carboxylic acids is 1. The van der Waals surface area contributed by atoms with E-state index in [1.807, 2.05) is 0 Å². The average Bonchev–Trinajstić information content (AvgIpc) is 2.61. The minimum atomic E-state index is -0.967. The van der Waals surface area contributed by atoms with Gasteiger partial charge in [0, 0.05) is 20.1 Å². The Morgan fingerprint density at radius 1 is 1.21 bits per heavy atom. The summed E-state index contributed by atoms with van der Waals surface area (Å²) < 4.78 is 0. The van der Waals surface area contributed by atoms with Gasteiger partial charge in [-0.2, -0.15) is 0 Å². The molecule has 1 saturated heterocycles. The number of hydrogen-bond donors (Lipinski definition) is 1. The van der Waals surface area contributed by atoms with Gasteiger partial charge in [0.25, 0.3) is 0 Å². The summed E-state index contributed by atoms with van der Waals surface area (Å²) in [6.07, 6.45) is 3.17. The molecule has 2 amide bonds. The molecule has 1 aliphatic rings. The molecule has 0 radical (unpaired) electrons. The molecule has 1 aliphatic heterocycles. The molecule has 0 spiro atoms. The lowest BCUT2D eigenvalue weighted by atomic mass is 9.89. The molecule has 0 aliphatic carbocycles. The largest absolute Gasteiger partial charge is 0.480 e. The van der Waals surface area contributed by atoms with E-state index in [0.717, 1.165) is 32.4 Å². The van der Waals surface area contributed by atoms with Crippen molar-refractivity contribution in [2.75, 3.05) is 20.1 Å². The molecule has 110 valence electrons. The molecule has 0 bridgehead atoms. The molecule has 2 unspecified atom stereocenters. The predicted octanol–water partition coefficient (Wildman–Crippen LogP) is 2.27. The Morgan fingerprint density at radius 3 is 2.37 bits per heavy atom. The van der Waals surface area contributed by atoms with E-state index >= 15 is 0 Å². The summed E-state index contributed by atoms with van der Waals surface area (Å²) in [5.41, 5.74) is 0. The van der Waals surface area contributed by atoms with E-state index in [-0.39, 0.29) is 6.03 Å². The van der Waals surface area contributed by atoms with Gasteiger partial charge in [-0.05, 0) is 38.0 Å². The first-order valence-electron chi connectivity index (χ1n) is 7.09. The van der Waals surface area contributed by atoms with Gasteiger partial charge in [-0.3, -0.25) is 0 Å². The van der Waals surface area contributed by atoms with E-state index in [1.54, 1.807) is 11.9 Å². The van der Waals surface area contributed by atoms with Crippen molar-refractivity contribution >= 4 is 12.0 Å². The zero-order valence-electron chi connectivity index (χ0n) is 12.4. The number of carbonyl (C=O) groups is 2. The molecule has 5 heteroatoms. The van der Waals surface area contributed by atoms with E-state index in [1.165, 1.54) is 11.8 Å². The first kappa shape index (κ1) is 15.8. The highest BCUT2D eigenvalue weighted by atomic mass is 16.4. The van der Waals surface area contributed by atoms with E-state index in [0.29, 0.717) is 11.8 Å². The Balaban J connectivity index is 2.60. The lowest BCUT2D eigenvalue weighted by Gasteiger charge is -2.29. The van der Waals surface area contributed by atoms with Gasteiger partial charge in [-0.1, -0.05) is 13.8 Å². The lowest BCUT2D eigenvalue weighted by molar-refractivity contribution is -0.141. The monoisotopic (exact) mass is 270 g/mol. The predicted molar refractivity (Wildman–Crippen MR) is 74.0 cm³/mol. The van der Waals surface area contributed by atoms with Crippen LogP contribution >= 0.6 is 0 Å². The number of hydrogen-bond acceptors (Lipinski definition) is 2. The summed E-state index contributed by atoms with van der Waals surface area (Å²) in [4.78, 5) is 26.3. The molecule has 19 heavy (non-hydrogen) atoms. The maximum Gasteiger partial charge on any atom is 0.326 e. The molecule has 0 aromatic heterocycles. The number of amides is 2. The van der Waals surface area contributed by atoms with Crippen LogP contribution in [-0.4, -0.2) is 53.1 Å². The van der Waals surface area contributed by atoms with Gasteiger partial charge in [0.15, 0.2) is 0 Å². The number of likely N-dealkylation sites (N-methyl/N-ethyl adjacent to an activating group) is 1. The van der Waals surface area contributed by atoms with E-state index in [2.05, 4.69) is 13.8 Å². The molecule has 1 heterocycles. The van der Waals surface area contributed by atoms with Gasteiger partial charge in [0.05, 0.1) is 0 Å². The topological polar surface area (TPSA) is 60.9 Å². The van der Waals surface area contributed by atoms with E-state index in [9.17, 15) is 9.59 Å². The Bertz CT molecular complexity index is 331. The van der Waals surface area contributed by atoms with Gasteiger partial charge < -0.3 is 14.9 Å². The molecule has 0 aromatic carbocycles. The molecule has 1 fully saturated rings. The highest BCUT2D eigenvalue weighted by molar-refractivity contribution is 5.82. The maximum absolute atomic E-state index is 12.3. The Labute approximate surface area is 115 Å². The first-order valence-corrected chi connectivity index (χ1v) is 7.09. The third-order valence-corrected chi connectivity index (χ3v) is 4.23. The zero-order chi connectivity index (χ0) is 14.6. The molecule has 0 aromatic rings. The van der Waals surface area contributed by atoms with Crippen LogP contribution in [0.2, 0.25) is 0 Å². The second kappa shape index (κ2) is 6.78. The van der Waals surface area contributed by atoms with Crippen molar-refractivity contribution in [1.29, 1.82) is 0 Å². The molecule has 0 saturated carbocycles. The summed E-state index contributed by atoms with van der Waals surface area (Å²) >= 11 is 0. The third-order valence-electron chi connectivity index (χ3n) is 4.23. The summed E-state index contributed by atoms with van der Waals surface area (Å²) in [6, 6.07) is -0.948. The van der Waals surface area contributed by atoms with Crippen LogP contribution in [0, 0.1) is 11.8 Å². The van der Waals surface area contributed by atoms with Crippen LogP contribution in [0.3, 0.4) is 0 Å². The minimum Gasteiger partial charge on any atom is -0.480 e. The van der Waals surface area contributed by atoms with Crippen LogP contribution < -0.4 is 0 Å². The standard InChI is InChI=1S/C14H26N2O3/c1-10(2)12-6-5-8-16(9-7-12)14(19)15(4)11(3)13(17)18/h10-12H,5-9H2,1-4H3,(H,17,18). The SMILES string of the molecule is CC(C)C1CCCN(C(=O)N(C)C(C)C(=O)O)CC1. The molecule has 2 atom stereocenters. The second-order valence-electron chi connectivity index (χ2n) is 5.83. The number of aliphatic carboxylic acids is 1. The summed E-state index contributed by atoms with van der Waals surface area (Å²) in [6.45, 7) is 7.45. The Morgan fingerprint density at radius 2 is 1.84 bits per heavy atom.